The molecule has 0 spiro atoms. The van der Waals surface area contributed by atoms with Crippen LogP contribution in [0, 0.1) is 0 Å². The molecule has 0 radical (unpaired) electrons. The van der Waals surface area contributed by atoms with Gasteiger partial charge in [-0.2, -0.15) is 0 Å². The topological polar surface area (TPSA) is 36.3 Å². The van der Waals surface area contributed by atoms with E-state index in [1.807, 2.05) is 42.6 Å². The molecule has 190 valence electrons. The first kappa shape index (κ1) is 23.9. The minimum absolute atomic E-state index is 0.0262. The summed E-state index contributed by atoms with van der Waals surface area (Å²) in [6.07, 6.45) is 1.82. The Morgan fingerprint density at radius 3 is 2.44 bits per heavy atom. The zero-order valence-electron chi connectivity index (χ0n) is 22.1. The van der Waals surface area contributed by atoms with Gasteiger partial charge in [0.2, 0.25) is 0 Å². The number of fused-ring (bicyclic) bond motifs is 4. The molecule has 4 nitrogen and oxygen atoms in total. The lowest BCUT2D eigenvalue weighted by atomic mass is 9.86. The van der Waals surface area contributed by atoms with Crippen LogP contribution in [0.3, 0.4) is 0 Å². The Labute approximate surface area is 232 Å². The summed E-state index contributed by atoms with van der Waals surface area (Å²) in [5.74, 6) is 3.39. The van der Waals surface area contributed by atoms with E-state index < -0.39 is 0 Å². The molecule has 39 heavy (non-hydrogen) atoms. The molecule has 7 rings (SSSR count). The Balaban J connectivity index is 1.27. The molecule has 0 fully saturated rings. The first-order valence-electron chi connectivity index (χ1n) is 13.1. The summed E-state index contributed by atoms with van der Waals surface area (Å²) in [4.78, 5) is 5.95. The third kappa shape index (κ3) is 4.35. The summed E-state index contributed by atoms with van der Waals surface area (Å²) in [5, 5.41) is 2.36. The Bertz CT molecular complexity index is 1830. The van der Waals surface area contributed by atoms with Gasteiger partial charge in [-0.25, -0.2) is 4.98 Å². The highest BCUT2D eigenvalue weighted by Gasteiger charge is 2.31. The van der Waals surface area contributed by atoms with Gasteiger partial charge in [-0.15, -0.1) is 11.6 Å². The fraction of sp³-hybridized carbons (Fsp3) is 0.121. The molecule has 6 heteroatoms. The van der Waals surface area contributed by atoms with Crippen LogP contribution in [0.25, 0.3) is 27.6 Å². The van der Waals surface area contributed by atoms with Crippen LogP contribution in [0.5, 0.6) is 17.2 Å². The van der Waals surface area contributed by atoms with E-state index in [9.17, 15) is 0 Å². The number of hydrogen-bond donors (Lipinski definition) is 0. The monoisotopic (exact) mass is 526 g/mol. The van der Waals surface area contributed by atoms with Gasteiger partial charge >= 0.3 is 6.19 Å². The van der Waals surface area contributed by atoms with E-state index in [0.29, 0.717) is 0 Å². The van der Waals surface area contributed by atoms with Crippen LogP contribution in [0.4, 0.5) is 0 Å². The van der Waals surface area contributed by atoms with Crippen LogP contribution in [0.1, 0.15) is 26.3 Å². The number of aromatic nitrogens is 2. The number of para-hydroxylation sites is 2. The molecule has 0 unspecified atom stereocenters. The van der Waals surface area contributed by atoms with Crippen molar-refractivity contribution in [2.24, 2.45) is 0 Å². The molecule has 0 saturated heterocycles. The first-order chi connectivity index (χ1) is 18.9. The van der Waals surface area contributed by atoms with Gasteiger partial charge in [0.05, 0.1) is 11.0 Å². The summed E-state index contributed by atoms with van der Waals surface area (Å²) in [6, 6.07) is 35.4. The van der Waals surface area contributed by atoms with E-state index in [2.05, 4.69) is 92.1 Å². The molecule has 1 aliphatic heterocycles. The molecule has 0 atom stereocenters. The molecule has 3 heterocycles. The van der Waals surface area contributed by atoms with E-state index in [1.165, 1.54) is 16.3 Å². The second kappa shape index (κ2) is 9.24. The molecular formula is C33H27BN2O2S. The fourth-order valence-corrected chi connectivity index (χ4v) is 6.22. The fourth-order valence-electron chi connectivity index (χ4n) is 5.16. The van der Waals surface area contributed by atoms with Gasteiger partial charge in [0.1, 0.15) is 23.1 Å². The van der Waals surface area contributed by atoms with Gasteiger partial charge in [-0.3, -0.25) is 4.57 Å². The molecule has 2 aromatic heterocycles. The molecule has 0 aliphatic carbocycles. The van der Waals surface area contributed by atoms with E-state index in [1.54, 1.807) is 11.6 Å². The molecule has 0 saturated carbocycles. The van der Waals surface area contributed by atoms with Gasteiger partial charge < -0.3 is 9.39 Å². The van der Waals surface area contributed by atoms with Gasteiger partial charge in [0, 0.05) is 27.9 Å². The Hall–Kier alpha value is -4.16. The zero-order valence-corrected chi connectivity index (χ0v) is 22.9. The van der Waals surface area contributed by atoms with Crippen molar-refractivity contribution in [3.63, 3.8) is 0 Å². The summed E-state index contributed by atoms with van der Waals surface area (Å²) in [6.45, 7) is 6.68. The predicted octanol–water partition coefficient (Wildman–Crippen LogP) is 8.15. The second-order valence-corrected chi connectivity index (χ2v) is 12.0. The van der Waals surface area contributed by atoms with Crippen LogP contribution in [-0.2, 0) is 5.41 Å². The third-order valence-electron chi connectivity index (χ3n) is 7.17. The maximum absolute atomic E-state index is 6.43. The lowest BCUT2D eigenvalue weighted by Gasteiger charge is -2.20. The average molecular weight is 526 g/mol. The van der Waals surface area contributed by atoms with Gasteiger partial charge in [0.15, 0.2) is 0 Å². The Morgan fingerprint density at radius 2 is 1.56 bits per heavy atom. The standard InChI is InChI=1S/C33H27BN2O2S/c1-33(2,3)22-17-18-35-32(19-22)36-28-12-5-4-11-26(28)27-16-15-25(21-29(27)36)37-24-10-8-9-23(20-24)34-38-30-13-6-7-14-31(30)39-34/h4-21H,1-3H3. The van der Waals surface area contributed by atoms with Crippen molar-refractivity contribution in [3.05, 3.63) is 115 Å². The maximum atomic E-state index is 6.43. The van der Waals surface area contributed by atoms with E-state index in [-0.39, 0.29) is 11.6 Å². The molecule has 1 aliphatic rings. The zero-order chi connectivity index (χ0) is 26.6. The quantitative estimate of drug-likeness (QED) is 0.217. The second-order valence-electron chi connectivity index (χ2n) is 10.9. The molecule has 6 aromatic rings. The van der Waals surface area contributed by atoms with Gasteiger partial charge in [0.25, 0.3) is 0 Å². The van der Waals surface area contributed by atoms with Crippen molar-refractivity contribution in [2.45, 2.75) is 31.1 Å². The van der Waals surface area contributed by atoms with E-state index in [0.717, 1.165) is 44.5 Å². The average Bonchev–Trinajstić information content (AvgIpc) is 3.52. The largest absolute Gasteiger partial charge is 0.546 e. The van der Waals surface area contributed by atoms with Crippen LogP contribution >= 0.6 is 11.6 Å². The number of hydrogen-bond acceptors (Lipinski definition) is 4. The van der Waals surface area contributed by atoms with Crippen LogP contribution in [-0.4, -0.2) is 15.7 Å². The first-order valence-corrected chi connectivity index (χ1v) is 14.0. The highest BCUT2D eigenvalue weighted by molar-refractivity contribution is 8.26. The van der Waals surface area contributed by atoms with Crippen LogP contribution in [0.2, 0.25) is 0 Å². The van der Waals surface area contributed by atoms with Crippen molar-refractivity contribution in [1.82, 2.24) is 9.55 Å². The lowest BCUT2D eigenvalue weighted by molar-refractivity contribution is 0.483. The number of nitrogens with zero attached hydrogens (tertiary/aromatic N) is 2. The van der Waals surface area contributed by atoms with Crippen LogP contribution in [0.15, 0.2) is 114 Å². The minimum Gasteiger partial charge on any atom is -0.546 e. The molecule has 0 amide bonds. The number of pyridine rings is 1. The van der Waals surface area contributed by atoms with E-state index in [4.69, 9.17) is 14.4 Å². The normalized spacial score (nSPS) is 13.1. The number of rotatable bonds is 4. The summed E-state index contributed by atoms with van der Waals surface area (Å²) < 4.78 is 14.9. The van der Waals surface area contributed by atoms with Crippen molar-refractivity contribution >= 4 is 45.1 Å². The van der Waals surface area contributed by atoms with Crippen molar-refractivity contribution < 1.29 is 9.39 Å². The molecule has 4 aromatic carbocycles. The van der Waals surface area contributed by atoms with Gasteiger partial charge in [-0.1, -0.05) is 63.2 Å². The smallest absolute Gasteiger partial charge is 0.467 e. The number of ether oxygens (including phenoxy) is 1. The van der Waals surface area contributed by atoms with Crippen LogP contribution < -0.4 is 14.9 Å². The van der Waals surface area contributed by atoms with E-state index >= 15 is 0 Å². The van der Waals surface area contributed by atoms with Crippen molar-refractivity contribution in [3.8, 4) is 23.1 Å². The summed E-state index contributed by atoms with van der Waals surface area (Å²) in [5.41, 5.74) is 4.54. The molecule has 0 N–H and O–H groups in total. The molecule has 0 bridgehead atoms. The summed E-state index contributed by atoms with van der Waals surface area (Å²) in [7, 11) is 0. The van der Waals surface area contributed by atoms with Crippen molar-refractivity contribution in [2.75, 3.05) is 0 Å². The maximum Gasteiger partial charge on any atom is 0.467 e. The number of benzene rings is 4. The van der Waals surface area contributed by atoms with Crippen molar-refractivity contribution in [1.29, 1.82) is 0 Å². The predicted molar refractivity (Wildman–Crippen MR) is 162 cm³/mol. The summed E-state index contributed by atoms with van der Waals surface area (Å²) >= 11 is 1.72. The highest BCUT2D eigenvalue weighted by Crippen LogP contribution is 2.39. The highest BCUT2D eigenvalue weighted by atomic mass is 32.2. The minimum atomic E-state index is -0.0860. The SMILES string of the molecule is CC(C)(C)c1ccnc(-n2c3ccccc3c3ccc(Oc4cccc(B5Oc6ccccc6S5)c4)cc32)c1. The Morgan fingerprint density at radius 1 is 0.769 bits per heavy atom. The van der Waals surface area contributed by atoms with Gasteiger partial charge in [-0.05, 0) is 71.0 Å². The lowest BCUT2D eigenvalue weighted by Crippen LogP contribution is -2.30. The third-order valence-corrected chi connectivity index (χ3v) is 8.34. The Kier molecular flexibility index (Phi) is 5.67. The molecular weight excluding hydrogens is 499 g/mol.